The lowest BCUT2D eigenvalue weighted by molar-refractivity contribution is -0.121. The Morgan fingerprint density at radius 1 is 1.19 bits per heavy atom. The molecule has 2 aromatic heterocycles. The number of hydrogen-bond donors (Lipinski definition) is 0. The van der Waals surface area contributed by atoms with Crippen LogP contribution >= 0.6 is 22.9 Å². The van der Waals surface area contributed by atoms with E-state index in [2.05, 4.69) is 4.98 Å². The Bertz CT molecular complexity index is 1540. The van der Waals surface area contributed by atoms with E-state index in [1.807, 2.05) is 19.1 Å². The number of methoxy groups -OCH3 is 1. The number of benzene rings is 2. The quantitative estimate of drug-likeness (QED) is 0.316. The predicted octanol–water partition coefficient (Wildman–Crippen LogP) is 5.05. The van der Waals surface area contributed by atoms with Crippen molar-refractivity contribution in [2.45, 2.75) is 37.2 Å². The van der Waals surface area contributed by atoms with Gasteiger partial charge in [0.2, 0.25) is 15.9 Å². The maximum absolute atomic E-state index is 14.1. The van der Waals surface area contributed by atoms with Crippen molar-refractivity contribution in [1.82, 2.24) is 14.3 Å². The minimum Gasteiger partial charge on any atom is -0.494 e. The van der Waals surface area contributed by atoms with E-state index in [0.717, 1.165) is 5.56 Å². The van der Waals surface area contributed by atoms with Gasteiger partial charge in [0, 0.05) is 12.7 Å². The van der Waals surface area contributed by atoms with Gasteiger partial charge < -0.3 is 4.74 Å². The third-order valence-corrected chi connectivity index (χ3v) is 9.79. The van der Waals surface area contributed by atoms with E-state index in [1.165, 1.54) is 20.5 Å². The molecule has 3 heterocycles. The monoisotopic (exact) mass is 556 g/mol. The van der Waals surface area contributed by atoms with Gasteiger partial charge in [0.25, 0.3) is 0 Å². The first-order chi connectivity index (χ1) is 17.8. The molecule has 1 aliphatic heterocycles. The van der Waals surface area contributed by atoms with Crippen molar-refractivity contribution >= 4 is 54.2 Å². The summed E-state index contributed by atoms with van der Waals surface area (Å²) in [6.07, 6.45) is 2.65. The maximum Gasteiger partial charge on any atom is 0.247 e. The number of pyridine rings is 1. The summed E-state index contributed by atoms with van der Waals surface area (Å²) in [5, 5.41) is 0.894. The largest absolute Gasteiger partial charge is 0.494 e. The third kappa shape index (κ3) is 4.94. The van der Waals surface area contributed by atoms with Crippen LogP contribution in [-0.4, -0.2) is 48.3 Å². The van der Waals surface area contributed by atoms with Gasteiger partial charge in [-0.2, -0.15) is 4.31 Å². The van der Waals surface area contributed by atoms with E-state index < -0.39 is 16.1 Å². The first-order valence-electron chi connectivity index (χ1n) is 11.7. The molecule has 4 aromatic rings. The van der Waals surface area contributed by atoms with Crippen LogP contribution in [0.2, 0.25) is 5.02 Å². The van der Waals surface area contributed by atoms with Crippen molar-refractivity contribution in [2.75, 3.05) is 18.6 Å². The zero-order chi connectivity index (χ0) is 26.2. The van der Waals surface area contributed by atoms with Crippen molar-refractivity contribution in [2.24, 2.45) is 0 Å². The summed E-state index contributed by atoms with van der Waals surface area (Å²) in [6.45, 7) is 2.30. The summed E-state index contributed by atoms with van der Waals surface area (Å²) < 4.78 is 34.5. The molecule has 0 saturated carbocycles. The zero-order valence-corrected chi connectivity index (χ0v) is 22.7. The third-order valence-electron chi connectivity index (χ3n) is 6.33. The number of amides is 1. The molecule has 8 nitrogen and oxygen atoms in total. The first-order valence-corrected chi connectivity index (χ1v) is 14.4. The molecule has 1 fully saturated rings. The van der Waals surface area contributed by atoms with Gasteiger partial charge in [0.05, 0.1) is 34.0 Å². The second kappa shape index (κ2) is 10.4. The number of nitrogens with zero attached hydrogens (tertiary/aromatic N) is 4. The summed E-state index contributed by atoms with van der Waals surface area (Å²) in [6, 6.07) is 14.7. The standard InChI is InChI=1S/C26H25ClN4O4S2/c1-17-8-10-19(11-9-17)37(33,34)31-15-5-7-21(31)25(32)30(16-18-6-3-4-14-28-18)26-29-23-22(35-2)13-12-20(27)24(23)36-26/h3-4,6,8-14,21H,5,7,15-16H2,1-2H3. The summed E-state index contributed by atoms with van der Waals surface area (Å²) in [7, 11) is -2.32. The Morgan fingerprint density at radius 3 is 2.68 bits per heavy atom. The van der Waals surface area contributed by atoms with Crippen LogP contribution in [0.4, 0.5) is 5.13 Å². The second-order valence-electron chi connectivity index (χ2n) is 8.76. The molecule has 1 aliphatic rings. The Balaban J connectivity index is 1.55. The molecule has 2 aromatic carbocycles. The van der Waals surface area contributed by atoms with E-state index in [9.17, 15) is 13.2 Å². The summed E-state index contributed by atoms with van der Waals surface area (Å²) in [5.41, 5.74) is 2.16. The van der Waals surface area contributed by atoms with E-state index in [-0.39, 0.29) is 23.9 Å². The van der Waals surface area contributed by atoms with Crippen LogP contribution in [-0.2, 0) is 21.4 Å². The van der Waals surface area contributed by atoms with E-state index in [4.69, 9.17) is 21.3 Å². The zero-order valence-electron chi connectivity index (χ0n) is 20.3. The number of anilines is 1. The Hall–Kier alpha value is -3.05. The van der Waals surface area contributed by atoms with Crippen molar-refractivity contribution in [3.63, 3.8) is 0 Å². The Kier molecular flexibility index (Phi) is 7.17. The number of rotatable bonds is 7. The molecule has 1 amide bonds. The van der Waals surface area contributed by atoms with Crippen molar-refractivity contribution in [3.05, 3.63) is 77.1 Å². The molecular formula is C26H25ClN4O4S2. The molecule has 1 saturated heterocycles. The van der Waals surface area contributed by atoms with Gasteiger partial charge in [-0.25, -0.2) is 13.4 Å². The number of aromatic nitrogens is 2. The SMILES string of the molecule is COc1ccc(Cl)c2sc(N(Cc3ccccn3)C(=O)C3CCCN3S(=O)(=O)c3ccc(C)cc3)nc12. The molecule has 0 spiro atoms. The summed E-state index contributed by atoms with van der Waals surface area (Å²) in [5.74, 6) is 0.185. The Labute approximate surface area is 224 Å². The van der Waals surface area contributed by atoms with Crippen LogP contribution < -0.4 is 9.64 Å². The minimum absolute atomic E-state index is 0.133. The summed E-state index contributed by atoms with van der Waals surface area (Å²) >= 11 is 7.71. The van der Waals surface area contributed by atoms with Gasteiger partial charge in [-0.15, -0.1) is 0 Å². The normalized spacial score (nSPS) is 16.2. The highest BCUT2D eigenvalue weighted by Gasteiger charge is 2.42. The topological polar surface area (TPSA) is 92.7 Å². The van der Waals surface area contributed by atoms with E-state index in [1.54, 1.807) is 55.8 Å². The van der Waals surface area contributed by atoms with Crippen LogP contribution in [0, 0.1) is 6.92 Å². The molecule has 0 N–H and O–H groups in total. The molecule has 1 unspecified atom stereocenters. The maximum atomic E-state index is 14.1. The molecule has 1 atom stereocenters. The second-order valence-corrected chi connectivity index (χ2v) is 12.0. The highest BCUT2D eigenvalue weighted by Crippen LogP contribution is 2.40. The van der Waals surface area contributed by atoms with Gasteiger partial charge in [0.15, 0.2) is 5.13 Å². The smallest absolute Gasteiger partial charge is 0.247 e. The van der Waals surface area contributed by atoms with Crippen LogP contribution in [0.15, 0.2) is 65.7 Å². The molecular weight excluding hydrogens is 532 g/mol. The number of aryl methyl sites for hydroxylation is 1. The molecule has 5 rings (SSSR count). The van der Waals surface area contributed by atoms with Crippen LogP contribution in [0.1, 0.15) is 24.1 Å². The number of carbonyl (C=O) groups excluding carboxylic acids is 1. The van der Waals surface area contributed by atoms with Crippen molar-refractivity contribution < 1.29 is 17.9 Å². The number of hydrogen-bond acceptors (Lipinski definition) is 7. The fourth-order valence-corrected chi connectivity index (χ4v) is 7.33. The average Bonchev–Trinajstić information content (AvgIpc) is 3.57. The Morgan fingerprint density at radius 2 is 1.97 bits per heavy atom. The number of fused-ring (bicyclic) bond motifs is 1. The lowest BCUT2D eigenvalue weighted by atomic mass is 10.2. The van der Waals surface area contributed by atoms with Crippen LogP contribution in [0.3, 0.4) is 0 Å². The molecule has 11 heteroatoms. The van der Waals surface area contributed by atoms with Crippen LogP contribution in [0.25, 0.3) is 10.2 Å². The minimum atomic E-state index is -3.87. The molecule has 0 aliphatic carbocycles. The number of halogens is 1. The van der Waals surface area contributed by atoms with Gasteiger partial charge >= 0.3 is 0 Å². The average molecular weight is 557 g/mol. The van der Waals surface area contributed by atoms with Gasteiger partial charge in [-0.05, 0) is 56.2 Å². The first kappa shape index (κ1) is 25.6. The molecule has 0 bridgehead atoms. The predicted molar refractivity (Wildman–Crippen MR) is 145 cm³/mol. The van der Waals surface area contributed by atoms with Crippen LogP contribution in [0.5, 0.6) is 5.75 Å². The number of ether oxygens (including phenoxy) is 1. The highest BCUT2D eigenvalue weighted by atomic mass is 35.5. The van der Waals surface area contributed by atoms with E-state index >= 15 is 0 Å². The van der Waals surface area contributed by atoms with Crippen molar-refractivity contribution in [3.8, 4) is 5.75 Å². The fraction of sp³-hybridized carbons (Fsp3) is 0.269. The van der Waals surface area contributed by atoms with Crippen molar-refractivity contribution in [1.29, 1.82) is 0 Å². The highest BCUT2D eigenvalue weighted by molar-refractivity contribution is 7.89. The lowest BCUT2D eigenvalue weighted by Gasteiger charge is -2.28. The number of carbonyl (C=O) groups is 1. The molecule has 192 valence electrons. The summed E-state index contributed by atoms with van der Waals surface area (Å²) in [4.78, 5) is 24.9. The number of thiazole rings is 1. The van der Waals surface area contributed by atoms with Gasteiger partial charge in [-0.1, -0.05) is 46.7 Å². The lowest BCUT2D eigenvalue weighted by Crippen LogP contribution is -2.47. The van der Waals surface area contributed by atoms with Gasteiger partial charge in [-0.3, -0.25) is 14.7 Å². The van der Waals surface area contributed by atoms with E-state index in [0.29, 0.717) is 44.7 Å². The number of sulfonamides is 1. The van der Waals surface area contributed by atoms with Gasteiger partial charge in [0.1, 0.15) is 17.3 Å². The molecule has 37 heavy (non-hydrogen) atoms. The molecule has 0 radical (unpaired) electrons. The fourth-order valence-electron chi connectivity index (χ4n) is 4.41.